The third kappa shape index (κ3) is 2.36. The van der Waals surface area contributed by atoms with Crippen molar-refractivity contribution in [3.05, 3.63) is 0 Å². The number of carbonyl (C=O) groups is 2. The summed E-state index contributed by atoms with van der Waals surface area (Å²) < 4.78 is 38.1. The van der Waals surface area contributed by atoms with Crippen LogP contribution in [0.25, 0.3) is 0 Å². The Morgan fingerprint density at radius 3 is 2.29 bits per heavy atom. The number of hydrogen-bond donors (Lipinski definition) is 2. The van der Waals surface area contributed by atoms with Gasteiger partial charge in [0.25, 0.3) is 0 Å². The van der Waals surface area contributed by atoms with Crippen molar-refractivity contribution in [3.63, 3.8) is 0 Å². The number of hydrogen-bond acceptors (Lipinski definition) is 3. The average molecular weight is 253 g/mol. The van der Waals surface area contributed by atoms with E-state index < -0.39 is 29.4 Å². The lowest BCUT2D eigenvalue weighted by molar-refractivity contribution is -0.192. The number of nitrogens with zero attached hydrogens (tertiary/aromatic N) is 1. The van der Waals surface area contributed by atoms with E-state index in [1.54, 1.807) is 5.43 Å². The van der Waals surface area contributed by atoms with Crippen LogP contribution >= 0.6 is 0 Å². The van der Waals surface area contributed by atoms with Gasteiger partial charge in [0.1, 0.15) is 0 Å². The van der Waals surface area contributed by atoms with Gasteiger partial charge in [0.2, 0.25) is 0 Å². The van der Waals surface area contributed by atoms with Gasteiger partial charge in [-0.1, -0.05) is 0 Å². The zero-order chi connectivity index (χ0) is 13.4. The van der Waals surface area contributed by atoms with E-state index >= 15 is 0 Å². The molecular weight excluding hydrogens is 239 g/mol. The Kier molecular flexibility index (Phi) is 3.37. The third-order valence-corrected chi connectivity index (χ3v) is 3.16. The molecule has 0 aromatic heterocycles. The van der Waals surface area contributed by atoms with Crippen molar-refractivity contribution in [1.82, 2.24) is 10.3 Å². The number of rotatable bonds is 0. The van der Waals surface area contributed by atoms with Gasteiger partial charge in [-0.05, 0) is 20.3 Å². The van der Waals surface area contributed by atoms with E-state index in [1.807, 2.05) is 0 Å². The molecule has 0 aliphatic carbocycles. The summed E-state index contributed by atoms with van der Waals surface area (Å²) in [5.74, 6) is 0.998. The van der Waals surface area contributed by atoms with E-state index in [9.17, 15) is 22.8 Å². The average Bonchev–Trinajstić information content (AvgIpc) is 2.50. The fourth-order valence-corrected chi connectivity index (χ4v) is 2.20. The van der Waals surface area contributed by atoms with Gasteiger partial charge in [0.15, 0.2) is 0 Å². The van der Waals surface area contributed by atoms with Crippen LogP contribution in [0.1, 0.15) is 20.3 Å². The highest BCUT2D eigenvalue weighted by Gasteiger charge is 2.56. The Morgan fingerprint density at radius 1 is 1.41 bits per heavy atom. The van der Waals surface area contributed by atoms with Crippen LogP contribution in [0.3, 0.4) is 0 Å². The maximum Gasteiger partial charge on any atom is 0.394 e. The lowest BCUT2D eigenvalue weighted by atomic mass is 9.88. The first kappa shape index (κ1) is 13.8. The number of nitrogens with one attached hydrogen (secondary N) is 1. The molecule has 0 saturated carbocycles. The molecule has 3 N–H and O–H groups in total. The molecule has 1 rings (SSSR count). The van der Waals surface area contributed by atoms with Crippen molar-refractivity contribution >= 4 is 11.8 Å². The quantitative estimate of drug-likeness (QED) is 0.279. The highest BCUT2D eigenvalue weighted by atomic mass is 19.4. The molecule has 1 aliphatic rings. The number of nitrogens with two attached hydrogens (primary N) is 1. The molecule has 8 heteroatoms. The second kappa shape index (κ2) is 4.17. The first-order valence-electron chi connectivity index (χ1n) is 5.01. The summed E-state index contributed by atoms with van der Waals surface area (Å²) in [6.07, 6.45) is -4.60. The SMILES string of the molecule is CC1(C)C(C(F)(F)F)CCN1C(=O)C(=O)NN. The van der Waals surface area contributed by atoms with E-state index in [-0.39, 0.29) is 13.0 Å². The van der Waals surface area contributed by atoms with Gasteiger partial charge in [-0.25, -0.2) is 5.84 Å². The van der Waals surface area contributed by atoms with Gasteiger partial charge in [-0.15, -0.1) is 0 Å². The minimum absolute atomic E-state index is 0.108. The minimum Gasteiger partial charge on any atom is -0.329 e. The molecule has 0 bridgehead atoms. The smallest absolute Gasteiger partial charge is 0.329 e. The summed E-state index contributed by atoms with van der Waals surface area (Å²) in [6, 6.07) is 0. The third-order valence-electron chi connectivity index (χ3n) is 3.16. The van der Waals surface area contributed by atoms with Crippen molar-refractivity contribution < 1.29 is 22.8 Å². The van der Waals surface area contributed by atoms with Crippen molar-refractivity contribution in [2.24, 2.45) is 11.8 Å². The van der Waals surface area contributed by atoms with Gasteiger partial charge in [-0.3, -0.25) is 15.0 Å². The molecule has 17 heavy (non-hydrogen) atoms. The number of carbonyl (C=O) groups excluding carboxylic acids is 2. The van der Waals surface area contributed by atoms with Crippen LogP contribution in [0.4, 0.5) is 13.2 Å². The van der Waals surface area contributed by atoms with Crippen LogP contribution in [-0.2, 0) is 9.59 Å². The lowest BCUT2D eigenvalue weighted by Gasteiger charge is -2.36. The molecular formula is C9H14F3N3O2. The predicted octanol–water partition coefficient (Wildman–Crippen LogP) is 0.166. The lowest BCUT2D eigenvalue weighted by Crippen LogP contribution is -2.54. The van der Waals surface area contributed by atoms with E-state index in [4.69, 9.17) is 5.84 Å². The molecule has 5 nitrogen and oxygen atoms in total. The number of alkyl halides is 3. The number of halogens is 3. The maximum absolute atomic E-state index is 12.7. The Bertz CT molecular complexity index is 341. The minimum atomic E-state index is -4.39. The molecule has 2 amide bonds. The van der Waals surface area contributed by atoms with Gasteiger partial charge >= 0.3 is 18.0 Å². The van der Waals surface area contributed by atoms with E-state index in [0.717, 1.165) is 4.90 Å². The topological polar surface area (TPSA) is 75.4 Å². The maximum atomic E-state index is 12.7. The number of likely N-dealkylation sites (tertiary alicyclic amines) is 1. The number of amides is 2. The van der Waals surface area contributed by atoms with Crippen molar-refractivity contribution in [2.75, 3.05) is 6.54 Å². The molecule has 0 radical (unpaired) electrons. The zero-order valence-electron chi connectivity index (χ0n) is 9.47. The summed E-state index contributed by atoms with van der Waals surface area (Å²) in [5, 5.41) is 0. The van der Waals surface area contributed by atoms with Crippen LogP contribution in [-0.4, -0.2) is 35.0 Å². The zero-order valence-corrected chi connectivity index (χ0v) is 9.47. The molecule has 1 atom stereocenters. The number of hydrazine groups is 1. The summed E-state index contributed by atoms with van der Waals surface area (Å²) in [6.45, 7) is 2.48. The summed E-state index contributed by atoms with van der Waals surface area (Å²) in [5.41, 5.74) is 0.179. The molecule has 1 unspecified atom stereocenters. The Hall–Kier alpha value is -1.31. The van der Waals surface area contributed by atoms with E-state index in [1.165, 1.54) is 13.8 Å². The van der Waals surface area contributed by atoms with Gasteiger partial charge in [0, 0.05) is 12.1 Å². The molecule has 1 saturated heterocycles. The van der Waals surface area contributed by atoms with Crippen LogP contribution < -0.4 is 11.3 Å². The second-order valence-electron chi connectivity index (χ2n) is 4.47. The van der Waals surface area contributed by atoms with Gasteiger partial charge < -0.3 is 4.90 Å². The largest absolute Gasteiger partial charge is 0.394 e. The van der Waals surface area contributed by atoms with Crippen LogP contribution in [0.5, 0.6) is 0 Å². The Labute approximate surface area is 96.1 Å². The highest BCUT2D eigenvalue weighted by Crippen LogP contribution is 2.44. The first-order chi connectivity index (χ1) is 7.62. The fourth-order valence-electron chi connectivity index (χ4n) is 2.20. The summed E-state index contributed by atoms with van der Waals surface area (Å²) >= 11 is 0. The standard InChI is InChI=1S/C9H14F3N3O2/c1-8(2)5(9(10,11)12)3-4-15(8)7(17)6(16)14-13/h5H,3-4,13H2,1-2H3,(H,14,16). The van der Waals surface area contributed by atoms with Crippen LogP contribution in [0.15, 0.2) is 0 Å². The molecule has 1 fully saturated rings. The van der Waals surface area contributed by atoms with Gasteiger partial charge in [0.05, 0.1) is 5.92 Å². The second-order valence-corrected chi connectivity index (χ2v) is 4.47. The van der Waals surface area contributed by atoms with Crippen LogP contribution in [0.2, 0.25) is 0 Å². The monoisotopic (exact) mass is 253 g/mol. The van der Waals surface area contributed by atoms with Gasteiger partial charge in [-0.2, -0.15) is 13.2 Å². The van der Waals surface area contributed by atoms with E-state index in [2.05, 4.69) is 0 Å². The van der Waals surface area contributed by atoms with Crippen molar-refractivity contribution in [3.8, 4) is 0 Å². The molecule has 1 aliphatic heterocycles. The summed E-state index contributed by atoms with van der Waals surface area (Å²) in [4.78, 5) is 23.5. The first-order valence-corrected chi connectivity index (χ1v) is 5.01. The Morgan fingerprint density at radius 2 is 1.94 bits per heavy atom. The fraction of sp³-hybridized carbons (Fsp3) is 0.778. The molecule has 0 aromatic carbocycles. The van der Waals surface area contributed by atoms with Crippen molar-refractivity contribution in [2.45, 2.75) is 32.0 Å². The molecule has 1 heterocycles. The normalized spacial score (nSPS) is 23.6. The molecule has 98 valence electrons. The van der Waals surface area contributed by atoms with Crippen molar-refractivity contribution in [1.29, 1.82) is 0 Å². The Balaban J connectivity index is 2.94. The molecule has 0 spiro atoms. The highest BCUT2D eigenvalue weighted by molar-refractivity contribution is 6.35. The predicted molar refractivity (Wildman–Crippen MR) is 52.3 cm³/mol. The summed E-state index contributed by atoms with van der Waals surface area (Å²) in [7, 11) is 0. The van der Waals surface area contributed by atoms with Crippen LogP contribution in [0, 0.1) is 5.92 Å². The molecule has 0 aromatic rings. The van der Waals surface area contributed by atoms with E-state index in [0.29, 0.717) is 0 Å².